The summed E-state index contributed by atoms with van der Waals surface area (Å²) in [5.41, 5.74) is 1.32. The fourth-order valence-corrected chi connectivity index (χ4v) is 2.23. The molecule has 27 heavy (non-hydrogen) atoms. The molecular weight excluding hydrogens is 346 g/mol. The molecule has 142 valence electrons. The van der Waals surface area contributed by atoms with Crippen molar-refractivity contribution >= 4 is 29.4 Å². The summed E-state index contributed by atoms with van der Waals surface area (Å²) in [7, 11) is 3.38. The van der Waals surface area contributed by atoms with Gasteiger partial charge in [-0.3, -0.25) is 4.99 Å². The average molecular weight is 369 g/mol. The van der Waals surface area contributed by atoms with Gasteiger partial charge in [-0.1, -0.05) is 0 Å². The minimum Gasteiger partial charge on any atom is -0.493 e. The second-order valence-electron chi connectivity index (χ2n) is 5.92. The molecule has 1 aliphatic carbocycles. The monoisotopic (exact) mass is 369 g/mol. The quantitative estimate of drug-likeness (QED) is 0.352. The Balaban J connectivity index is 1.70. The van der Waals surface area contributed by atoms with E-state index in [1.54, 1.807) is 44.8 Å². The third kappa shape index (κ3) is 5.30. The summed E-state index contributed by atoms with van der Waals surface area (Å²) in [6.07, 6.45) is 5.58. The number of nitrogens with zero attached hydrogens (tertiary/aromatic N) is 4. The highest BCUT2D eigenvalue weighted by Gasteiger charge is 2.19. The number of hydrogen-bond donors (Lipinski definition) is 3. The smallest absolute Gasteiger partial charge is 0.229 e. The van der Waals surface area contributed by atoms with E-state index in [1.807, 2.05) is 6.07 Å². The zero-order valence-corrected chi connectivity index (χ0v) is 15.3. The van der Waals surface area contributed by atoms with Crippen LogP contribution in [0.15, 0.2) is 40.6 Å². The summed E-state index contributed by atoms with van der Waals surface area (Å²) in [6.45, 7) is 0.193. The Hall–Kier alpha value is -3.36. The number of aromatic nitrogens is 2. The molecule has 2 aromatic rings. The molecule has 0 unspecified atom stereocenters. The Morgan fingerprint density at radius 2 is 2.19 bits per heavy atom. The number of hydrogen-bond acceptors (Lipinski definition) is 9. The zero-order valence-electron chi connectivity index (χ0n) is 15.3. The Labute approximate surface area is 157 Å². The SMILES string of the molecule is CNc1ccnc(Nc2ccc(OC)c(OCC(C=NC3CC3)=NN)c2)n1. The second kappa shape index (κ2) is 8.84. The zero-order chi connectivity index (χ0) is 19.1. The third-order valence-corrected chi connectivity index (χ3v) is 3.85. The number of aliphatic imine (C=N–C) groups is 1. The number of benzene rings is 1. The van der Waals surface area contributed by atoms with Crippen molar-refractivity contribution in [2.75, 3.05) is 31.4 Å². The van der Waals surface area contributed by atoms with Crippen molar-refractivity contribution in [3.05, 3.63) is 30.5 Å². The fourth-order valence-electron chi connectivity index (χ4n) is 2.23. The van der Waals surface area contributed by atoms with Crippen LogP contribution in [0.25, 0.3) is 0 Å². The van der Waals surface area contributed by atoms with Crippen molar-refractivity contribution in [1.82, 2.24) is 9.97 Å². The van der Waals surface area contributed by atoms with E-state index in [9.17, 15) is 0 Å². The standard InChI is InChI=1S/C18H23N7O2/c1-20-17-7-8-21-18(24-17)23-13-5-6-15(26-2)16(9-13)27-11-14(25-19)10-22-12-3-4-12/h5-10,12H,3-4,11,19H2,1-2H3,(H2,20,21,23,24). The number of rotatable bonds is 9. The molecule has 9 heteroatoms. The topological polar surface area (TPSA) is 119 Å². The lowest BCUT2D eigenvalue weighted by Crippen LogP contribution is -2.15. The second-order valence-corrected chi connectivity index (χ2v) is 5.92. The van der Waals surface area contributed by atoms with E-state index in [-0.39, 0.29) is 6.61 Å². The van der Waals surface area contributed by atoms with E-state index in [2.05, 4.69) is 30.7 Å². The lowest BCUT2D eigenvalue weighted by atomic mass is 10.2. The molecule has 9 nitrogen and oxygen atoms in total. The minimum atomic E-state index is 0.193. The van der Waals surface area contributed by atoms with Gasteiger partial charge in [-0.15, -0.1) is 0 Å². The van der Waals surface area contributed by atoms with E-state index in [0.29, 0.717) is 29.2 Å². The molecule has 0 radical (unpaired) electrons. The normalized spacial score (nSPS) is 14.2. The Kier molecular flexibility index (Phi) is 6.03. The van der Waals surface area contributed by atoms with Crippen LogP contribution >= 0.6 is 0 Å². The highest BCUT2D eigenvalue weighted by Crippen LogP contribution is 2.31. The maximum Gasteiger partial charge on any atom is 0.229 e. The van der Waals surface area contributed by atoms with Crippen LogP contribution in [0.3, 0.4) is 0 Å². The van der Waals surface area contributed by atoms with Crippen molar-refractivity contribution in [1.29, 1.82) is 0 Å². The first-order valence-electron chi connectivity index (χ1n) is 8.60. The predicted molar refractivity (Wildman–Crippen MR) is 106 cm³/mol. The molecule has 1 heterocycles. The van der Waals surface area contributed by atoms with Crippen molar-refractivity contribution < 1.29 is 9.47 Å². The average Bonchev–Trinajstić information content (AvgIpc) is 3.53. The Morgan fingerprint density at radius 3 is 2.89 bits per heavy atom. The van der Waals surface area contributed by atoms with Crippen LogP contribution in [-0.4, -0.2) is 48.7 Å². The van der Waals surface area contributed by atoms with E-state index in [0.717, 1.165) is 24.3 Å². The van der Waals surface area contributed by atoms with E-state index in [1.165, 1.54) is 0 Å². The van der Waals surface area contributed by atoms with Crippen LogP contribution in [0.2, 0.25) is 0 Å². The molecule has 0 spiro atoms. The first kappa shape index (κ1) is 18.4. The minimum absolute atomic E-state index is 0.193. The van der Waals surface area contributed by atoms with E-state index >= 15 is 0 Å². The number of methoxy groups -OCH3 is 1. The van der Waals surface area contributed by atoms with Gasteiger partial charge >= 0.3 is 0 Å². The molecule has 4 N–H and O–H groups in total. The molecule has 0 amide bonds. The highest BCUT2D eigenvalue weighted by molar-refractivity contribution is 6.31. The van der Waals surface area contributed by atoms with Crippen LogP contribution in [0.1, 0.15) is 12.8 Å². The number of ether oxygens (including phenoxy) is 2. The first-order valence-corrected chi connectivity index (χ1v) is 8.60. The molecule has 3 rings (SSSR count). The summed E-state index contributed by atoms with van der Waals surface area (Å²) in [5.74, 6) is 7.76. The number of nitrogens with two attached hydrogens (primary N) is 1. The molecule has 1 aliphatic rings. The molecule has 1 aromatic heterocycles. The van der Waals surface area contributed by atoms with Crippen molar-refractivity contribution in [3.63, 3.8) is 0 Å². The van der Waals surface area contributed by atoms with Gasteiger partial charge in [-0.25, -0.2) is 4.98 Å². The summed E-state index contributed by atoms with van der Waals surface area (Å²) >= 11 is 0. The summed E-state index contributed by atoms with van der Waals surface area (Å²) in [4.78, 5) is 12.9. The van der Waals surface area contributed by atoms with Crippen LogP contribution in [0, 0.1) is 0 Å². The number of anilines is 3. The molecule has 1 saturated carbocycles. The van der Waals surface area contributed by atoms with Crippen molar-refractivity contribution in [3.8, 4) is 11.5 Å². The summed E-state index contributed by atoms with van der Waals surface area (Å²) in [5, 5.41) is 9.84. The van der Waals surface area contributed by atoms with Gasteiger partial charge < -0.3 is 25.9 Å². The van der Waals surface area contributed by atoms with Gasteiger partial charge in [0.05, 0.1) is 13.2 Å². The molecule has 1 aromatic carbocycles. The van der Waals surface area contributed by atoms with Crippen LogP contribution in [-0.2, 0) is 0 Å². The number of hydrazone groups is 1. The Morgan fingerprint density at radius 1 is 1.33 bits per heavy atom. The first-order chi connectivity index (χ1) is 13.2. The van der Waals surface area contributed by atoms with Crippen LogP contribution in [0.5, 0.6) is 11.5 Å². The molecular formula is C18H23N7O2. The maximum absolute atomic E-state index is 5.84. The fraction of sp³-hybridized carbons (Fsp3) is 0.333. The van der Waals surface area contributed by atoms with E-state index < -0.39 is 0 Å². The molecule has 1 fully saturated rings. The summed E-state index contributed by atoms with van der Waals surface area (Å²) < 4.78 is 11.2. The lowest BCUT2D eigenvalue weighted by molar-refractivity contribution is 0.336. The van der Waals surface area contributed by atoms with Crippen LogP contribution < -0.4 is 25.9 Å². The largest absolute Gasteiger partial charge is 0.493 e. The van der Waals surface area contributed by atoms with Gasteiger partial charge in [0.15, 0.2) is 11.5 Å². The summed E-state index contributed by atoms with van der Waals surface area (Å²) in [6, 6.07) is 7.65. The molecule has 0 saturated heterocycles. The molecule has 0 aliphatic heterocycles. The lowest BCUT2D eigenvalue weighted by Gasteiger charge is -2.13. The van der Waals surface area contributed by atoms with Gasteiger partial charge in [0, 0.05) is 31.2 Å². The molecule has 0 atom stereocenters. The Bertz CT molecular complexity index is 834. The van der Waals surface area contributed by atoms with Gasteiger partial charge in [0.25, 0.3) is 0 Å². The predicted octanol–water partition coefficient (Wildman–Crippen LogP) is 2.20. The van der Waals surface area contributed by atoms with Gasteiger partial charge in [-0.2, -0.15) is 10.1 Å². The number of nitrogens with one attached hydrogen (secondary N) is 2. The van der Waals surface area contributed by atoms with Crippen molar-refractivity contribution in [2.45, 2.75) is 18.9 Å². The van der Waals surface area contributed by atoms with Crippen molar-refractivity contribution in [2.24, 2.45) is 15.9 Å². The van der Waals surface area contributed by atoms with Gasteiger partial charge in [-0.05, 0) is 31.0 Å². The van der Waals surface area contributed by atoms with E-state index in [4.69, 9.17) is 15.3 Å². The third-order valence-electron chi connectivity index (χ3n) is 3.85. The molecule has 0 bridgehead atoms. The van der Waals surface area contributed by atoms with Gasteiger partial charge in [0.1, 0.15) is 18.1 Å². The highest BCUT2D eigenvalue weighted by atomic mass is 16.5. The maximum atomic E-state index is 5.84. The van der Waals surface area contributed by atoms with Crippen LogP contribution in [0.4, 0.5) is 17.5 Å². The van der Waals surface area contributed by atoms with Gasteiger partial charge in [0.2, 0.25) is 5.95 Å².